The van der Waals surface area contributed by atoms with Gasteiger partial charge in [-0.15, -0.1) is 0 Å². The molecule has 0 amide bonds. The third kappa shape index (κ3) is 3.75. The quantitative estimate of drug-likeness (QED) is 0.509. The van der Waals surface area contributed by atoms with Gasteiger partial charge >= 0.3 is 6.01 Å². The average molecular weight is 404 g/mol. The summed E-state index contributed by atoms with van der Waals surface area (Å²) in [6.07, 6.45) is 3.11. The Morgan fingerprint density at radius 3 is 2.40 bits per heavy atom. The van der Waals surface area contributed by atoms with Gasteiger partial charge in [-0.25, -0.2) is 0 Å². The van der Waals surface area contributed by atoms with E-state index in [4.69, 9.17) is 14.2 Å². The van der Waals surface area contributed by atoms with Gasteiger partial charge in [0.2, 0.25) is 5.88 Å². The molecule has 152 valence electrons. The zero-order valence-corrected chi connectivity index (χ0v) is 16.7. The molecule has 0 saturated carbocycles. The molecule has 2 aromatic heterocycles. The number of ether oxygens (including phenoxy) is 3. The first-order chi connectivity index (χ1) is 14.6. The van der Waals surface area contributed by atoms with E-state index in [9.17, 15) is 5.11 Å². The smallest absolute Gasteiger partial charge is 0.325 e. The van der Waals surface area contributed by atoms with Crippen molar-refractivity contribution in [1.29, 1.82) is 0 Å². The lowest BCUT2D eigenvalue weighted by atomic mass is 10.2. The Hall–Kier alpha value is -4.07. The van der Waals surface area contributed by atoms with Crippen molar-refractivity contribution in [3.05, 3.63) is 60.9 Å². The molecule has 0 aliphatic rings. The normalized spacial score (nSPS) is 10.6. The van der Waals surface area contributed by atoms with Crippen molar-refractivity contribution in [1.82, 2.24) is 15.0 Å². The van der Waals surface area contributed by atoms with Crippen molar-refractivity contribution < 1.29 is 19.3 Å². The molecule has 0 unspecified atom stereocenters. The Morgan fingerprint density at radius 2 is 1.67 bits per heavy atom. The molecule has 4 aromatic rings. The number of hydrogen-bond donors (Lipinski definition) is 1. The van der Waals surface area contributed by atoms with Crippen LogP contribution in [-0.4, -0.2) is 41.3 Å². The standard InChI is InChI=1S/C22H20N4O4/c1-26(19-9-8-16(28-2)12-20(19)29-3)14-4-6-15(7-5-14)30-22-24-18-13-23-11-10-17(18)21(27)25-22/h4-13H,1-3H3,(H,24,25,27). The van der Waals surface area contributed by atoms with Crippen LogP contribution in [-0.2, 0) is 0 Å². The van der Waals surface area contributed by atoms with Crippen LogP contribution in [0.5, 0.6) is 29.1 Å². The van der Waals surface area contributed by atoms with E-state index in [0.29, 0.717) is 22.4 Å². The van der Waals surface area contributed by atoms with Crippen LogP contribution >= 0.6 is 0 Å². The Labute approximate surface area is 173 Å². The maximum absolute atomic E-state index is 10.1. The van der Waals surface area contributed by atoms with Gasteiger partial charge in [-0.2, -0.15) is 9.97 Å². The van der Waals surface area contributed by atoms with E-state index >= 15 is 0 Å². The second-order valence-electron chi connectivity index (χ2n) is 6.42. The zero-order chi connectivity index (χ0) is 21.1. The molecule has 0 aliphatic heterocycles. The van der Waals surface area contributed by atoms with Gasteiger partial charge in [0.25, 0.3) is 0 Å². The van der Waals surface area contributed by atoms with E-state index in [1.807, 2.05) is 42.3 Å². The minimum absolute atomic E-state index is 0.0472. The first-order valence-electron chi connectivity index (χ1n) is 9.13. The van der Waals surface area contributed by atoms with Crippen molar-refractivity contribution in [2.24, 2.45) is 0 Å². The van der Waals surface area contributed by atoms with Crippen LogP contribution in [0.2, 0.25) is 0 Å². The molecule has 30 heavy (non-hydrogen) atoms. The molecule has 1 N–H and O–H groups in total. The molecular formula is C22H20N4O4. The Bertz CT molecular complexity index is 1180. The SMILES string of the molecule is COc1ccc(N(C)c2ccc(Oc3nc(O)c4ccncc4n3)cc2)c(OC)c1. The fourth-order valence-corrected chi connectivity index (χ4v) is 3.03. The van der Waals surface area contributed by atoms with E-state index in [0.717, 1.165) is 17.1 Å². The highest BCUT2D eigenvalue weighted by Crippen LogP contribution is 2.36. The number of anilines is 2. The molecule has 0 radical (unpaired) electrons. The number of aromatic nitrogens is 3. The van der Waals surface area contributed by atoms with Crippen molar-refractivity contribution >= 4 is 22.3 Å². The number of fused-ring (bicyclic) bond motifs is 1. The maximum atomic E-state index is 10.1. The maximum Gasteiger partial charge on any atom is 0.325 e. The molecule has 0 spiro atoms. The van der Waals surface area contributed by atoms with E-state index in [-0.39, 0.29) is 11.9 Å². The summed E-state index contributed by atoms with van der Waals surface area (Å²) in [6.45, 7) is 0. The van der Waals surface area contributed by atoms with Gasteiger partial charge in [0.15, 0.2) is 0 Å². The highest BCUT2D eigenvalue weighted by molar-refractivity contribution is 5.82. The Balaban J connectivity index is 1.56. The van der Waals surface area contributed by atoms with Crippen LogP contribution < -0.4 is 19.1 Å². The van der Waals surface area contributed by atoms with E-state index in [2.05, 4.69) is 15.0 Å². The van der Waals surface area contributed by atoms with Gasteiger partial charge in [-0.1, -0.05) is 0 Å². The molecule has 0 aliphatic carbocycles. The van der Waals surface area contributed by atoms with Crippen LogP contribution in [0.1, 0.15) is 0 Å². The molecule has 0 saturated heterocycles. The number of pyridine rings is 1. The van der Waals surface area contributed by atoms with Crippen LogP contribution in [0.4, 0.5) is 11.4 Å². The lowest BCUT2D eigenvalue weighted by Crippen LogP contribution is -2.10. The summed E-state index contributed by atoms with van der Waals surface area (Å²) < 4.78 is 16.5. The van der Waals surface area contributed by atoms with Gasteiger partial charge in [-0.05, 0) is 42.5 Å². The first kappa shape index (κ1) is 19.3. The minimum Gasteiger partial charge on any atom is -0.497 e. The van der Waals surface area contributed by atoms with Gasteiger partial charge in [0, 0.05) is 25.0 Å². The zero-order valence-electron chi connectivity index (χ0n) is 16.7. The predicted octanol–water partition coefficient (Wildman–Crippen LogP) is 4.31. The molecule has 0 fully saturated rings. The topological polar surface area (TPSA) is 89.8 Å². The van der Waals surface area contributed by atoms with Crippen molar-refractivity contribution in [3.63, 3.8) is 0 Å². The van der Waals surface area contributed by atoms with Crippen molar-refractivity contribution in [2.75, 3.05) is 26.2 Å². The second-order valence-corrected chi connectivity index (χ2v) is 6.42. The van der Waals surface area contributed by atoms with Crippen LogP contribution in [0.3, 0.4) is 0 Å². The fraction of sp³-hybridized carbons (Fsp3) is 0.136. The number of aromatic hydroxyl groups is 1. The minimum atomic E-state index is -0.152. The molecule has 0 bridgehead atoms. The summed E-state index contributed by atoms with van der Waals surface area (Å²) in [5.41, 5.74) is 2.32. The summed E-state index contributed by atoms with van der Waals surface area (Å²) in [7, 11) is 5.18. The molecule has 2 aromatic carbocycles. The van der Waals surface area contributed by atoms with Crippen molar-refractivity contribution in [2.45, 2.75) is 0 Å². The Morgan fingerprint density at radius 1 is 0.900 bits per heavy atom. The third-order valence-electron chi connectivity index (χ3n) is 4.64. The van der Waals surface area contributed by atoms with E-state index < -0.39 is 0 Å². The summed E-state index contributed by atoms with van der Waals surface area (Å²) >= 11 is 0. The summed E-state index contributed by atoms with van der Waals surface area (Å²) in [6, 6.07) is 14.8. The molecular weight excluding hydrogens is 384 g/mol. The molecule has 4 rings (SSSR count). The van der Waals surface area contributed by atoms with Gasteiger partial charge in [-0.3, -0.25) is 4.98 Å². The van der Waals surface area contributed by atoms with Crippen molar-refractivity contribution in [3.8, 4) is 29.1 Å². The molecule has 0 atom stereocenters. The summed E-state index contributed by atoms with van der Waals surface area (Å²) in [5.74, 6) is 1.81. The van der Waals surface area contributed by atoms with Crippen LogP contribution in [0, 0.1) is 0 Å². The van der Waals surface area contributed by atoms with E-state index in [1.165, 1.54) is 0 Å². The number of methoxy groups -OCH3 is 2. The number of nitrogens with zero attached hydrogens (tertiary/aromatic N) is 4. The lowest BCUT2D eigenvalue weighted by Gasteiger charge is -2.22. The van der Waals surface area contributed by atoms with Crippen LogP contribution in [0.25, 0.3) is 10.9 Å². The van der Waals surface area contributed by atoms with Gasteiger partial charge in [0.1, 0.15) is 17.2 Å². The number of rotatable bonds is 6. The molecule has 8 nitrogen and oxygen atoms in total. The monoisotopic (exact) mass is 404 g/mol. The highest BCUT2D eigenvalue weighted by atomic mass is 16.5. The summed E-state index contributed by atoms with van der Waals surface area (Å²) in [5, 5.41) is 10.6. The lowest BCUT2D eigenvalue weighted by molar-refractivity contribution is 0.395. The molecule has 2 heterocycles. The average Bonchev–Trinajstić information content (AvgIpc) is 2.78. The largest absolute Gasteiger partial charge is 0.497 e. The van der Waals surface area contributed by atoms with E-state index in [1.54, 1.807) is 44.8 Å². The van der Waals surface area contributed by atoms with Gasteiger partial charge < -0.3 is 24.2 Å². The number of benzene rings is 2. The Kier molecular flexibility index (Phi) is 5.21. The first-order valence-corrected chi connectivity index (χ1v) is 9.13. The molecule has 8 heteroatoms. The predicted molar refractivity (Wildman–Crippen MR) is 113 cm³/mol. The van der Waals surface area contributed by atoms with Crippen LogP contribution in [0.15, 0.2) is 60.9 Å². The fourth-order valence-electron chi connectivity index (χ4n) is 3.03. The summed E-state index contributed by atoms with van der Waals surface area (Å²) in [4.78, 5) is 14.3. The number of hydrogen-bond acceptors (Lipinski definition) is 8. The second kappa shape index (κ2) is 8.12. The highest BCUT2D eigenvalue weighted by Gasteiger charge is 2.13. The van der Waals surface area contributed by atoms with Gasteiger partial charge in [0.05, 0.1) is 37.0 Å². The third-order valence-corrected chi connectivity index (χ3v) is 4.64.